The summed E-state index contributed by atoms with van der Waals surface area (Å²) in [6, 6.07) is 3.96. The van der Waals surface area contributed by atoms with Crippen LogP contribution in [0.3, 0.4) is 0 Å². The fraction of sp³-hybridized carbons (Fsp3) is 0.538. The Balaban J connectivity index is 2.40. The molecule has 0 fully saturated rings. The van der Waals surface area contributed by atoms with Crippen molar-refractivity contribution in [1.29, 1.82) is 0 Å². The normalized spacial score (nSPS) is 12.5. The first-order valence-corrected chi connectivity index (χ1v) is 5.94. The molecule has 1 atom stereocenters. The third kappa shape index (κ3) is 4.95. The van der Waals surface area contributed by atoms with Gasteiger partial charge in [0, 0.05) is 24.5 Å². The van der Waals surface area contributed by atoms with Crippen molar-refractivity contribution in [2.24, 2.45) is 0 Å². The van der Waals surface area contributed by atoms with Gasteiger partial charge in [-0.25, -0.2) is 0 Å². The van der Waals surface area contributed by atoms with Gasteiger partial charge in [0.2, 0.25) is 5.91 Å². The minimum absolute atomic E-state index is 0.0278. The number of rotatable bonds is 5. The minimum atomic E-state index is -0.196. The number of pyridine rings is 1. The molecular formula is C13H21N3O. The van der Waals surface area contributed by atoms with Crippen molar-refractivity contribution in [1.82, 2.24) is 15.6 Å². The molecule has 0 aliphatic rings. The number of nitrogens with one attached hydrogen (secondary N) is 2. The summed E-state index contributed by atoms with van der Waals surface area (Å²) in [5.41, 5.74) is 2.08. The molecule has 1 heterocycles. The zero-order valence-corrected chi connectivity index (χ0v) is 10.9. The number of hydrogen-bond donors (Lipinski definition) is 2. The Kier molecular flexibility index (Phi) is 5.10. The van der Waals surface area contributed by atoms with Crippen LogP contribution in [0.1, 0.15) is 32.0 Å². The maximum atomic E-state index is 11.6. The molecule has 94 valence electrons. The van der Waals surface area contributed by atoms with Gasteiger partial charge in [0.05, 0.1) is 6.04 Å². The number of hydrogen-bond acceptors (Lipinski definition) is 3. The second-order valence-electron chi connectivity index (χ2n) is 4.57. The molecule has 4 heteroatoms. The highest BCUT2D eigenvalue weighted by Gasteiger charge is 2.12. The number of amides is 1. The predicted molar refractivity (Wildman–Crippen MR) is 68.6 cm³/mol. The van der Waals surface area contributed by atoms with E-state index in [4.69, 9.17) is 0 Å². The number of nitrogens with zero attached hydrogens (tertiary/aromatic N) is 1. The van der Waals surface area contributed by atoms with Crippen LogP contribution in [0.2, 0.25) is 0 Å². The van der Waals surface area contributed by atoms with Crippen LogP contribution < -0.4 is 10.6 Å². The smallest absolute Gasteiger partial charge is 0.237 e. The van der Waals surface area contributed by atoms with Crippen LogP contribution >= 0.6 is 0 Å². The van der Waals surface area contributed by atoms with E-state index in [1.807, 2.05) is 46.0 Å². The van der Waals surface area contributed by atoms with Gasteiger partial charge in [-0.15, -0.1) is 0 Å². The summed E-state index contributed by atoms with van der Waals surface area (Å²) in [6.45, 7) is 8.37. The molecule has 0 spiro atoms. The molecule has 0 aliphatic carbocycles. The summed E-state index contributed by atoms with van der Waals surface area (Å²) < 4.78 is 0. The zero-order valence-electron chi connectivity index (χ0n) is 10.9. The molecule has 1 amide bonds. The predicted octanol–water partition coefficient (Wildman–Crippen LogP) is 1.39. The maximum Gasteiger partial charge on any atom is 0.237 e. The first-order chi connectivity index (χ1) is 7.99. The van der Waals surface area contributed by atoms with Crippen LogP contribution in [-0.4, -0.2) is 23.0 Å². The van der Waals surface area contributed by atoms with Gasteiger partial charge in [-0.1, -0.05) is 6.07 Å². The molecule has 0 aliphatic heterocycles. The lowest BCUT2D eigenvalue weighted by Gasteiger charge is -2.15. The minimum Gasteiger partial charge on any atom is -0.353 e. The molecule has 4 nitrogen and oxygen atoms in total. The summed E-state index contributed by atoms with van der Waals surface area (Å²) in [5, 5.41) is 6.04. The average molecular weight is 235 g/mol. The fourth-order valence-corrected chi connectivity index (χ4v) is 1.38. The topological polar surface area (TPSA) is 54.0 Å². The van der Waals surface area contributed by atoms with Gasteiger partial charge in [-0.2, -0.15) is 0 Å². The van der Waals surface area contributed by atoms with Gasteiger partial charge < -0.3 is 10.6 Å². The van der Waals surface area contributed by atoms with E-state index in [9.17, 15) is 4.79 Å². The van der Waals surface area contributed by atoms with Crippen molar-refractivity contribution in [3.63, 3.8) is 0 Å². The van der Waals surface area contributed by atoms with Crippen LogP contribution in [0.5, 0.6) is 0 Å². The van der Waals surface area contributed by atoms with Crippen molar-refractivity contribution >= 4 is 5.91 Å². The molecular weight excluding hydrogens is 214 g/mol. The van der Waals surface area contributed by atoms with Gasteiger partial charge in [0.1, 0.15) is 0 Å². The molecule has 0 aromatic carbocycles. The SMILES string of the molecule is Cc1ccc(CNC(C)C(=O)NC(C)C)cn1. The van der Waals surface area contributed by atoms with E-state index in [1.165, 1.54) is 0 Å². The Morgan fingerprint density at radius 1 is 1.35 bits per heavy atom. The van der Waals surface area contributed by atoms with Crippen molar-refractivity contribution in [2.75, 3.05) is 0 Å². The molecule has 1 aromatic heterocycles. The highest BCUT2D eigenvalue weighted by molar-refractivity contribution is 5.81. The molecule has 0 bridgehead atoms. The standard InChI is InChI=1S/C13H21N3O/c1-9(2)16-13(17)11(4)15-8-12-6-5-10(3)14-7-12/h5-7,9,11,15H,8H2,1-4H3,(H,16,17). The Morgan fingerprint density at radius 3 is 2.59 bits per heavy atom. The van der Waals surface area contributed by atoms with Gasteiger partial charge in [0.15, 0.2) is 0 Å². The van der Waals surface area contributed by atoms with Crippen molar-refractivity contribution < 1.29 is 4.79 Å². The number of aryl methyl sites for hydroxylation is 1. The lowest BCUT2D eigenvalue weighted by molar-refractivity contribution is -0.123. The van der Waals surface area contributed by atoms with E-state index in [0.29, 0.717) is 6.54 Å². The van der Waals surface area contributed by atoms with E-state index < -0.39 is 0 Å². The third-order valence-corrected chi connectivity index (χ3v) is 2.41. The molecule has 0 saturated heterocycles. The Labute approximate surface area is 103 Å². The highest BCUT2D eigenvalue weighted by atomic mass is 16.2. The fourth-order valence-electron chi connectivity index (χ4n) is 1.38. The van der Waals surface area contributed by atoms with Gasteiger partial charge >= 0.3 is 0 Å². The molecule has 17 heavy (non-hydrogen) atoms. The molecule has 2 N–H and O–H groups in total. The summed E-state index contributed by atoms with van der Waals surface area (Å²) in [7, 11) is 0. The largest absolute Gasteiger partial charge is 0.353 e. The summed E-state index contributed by atoms with van der Waals surface area (Å²) in [5.74, 6) is 0.0278. The van der Waals surface area contributed by atoms with Crippen LogP contribution in [-0.2, 0) is 11.3 Å². The lowest BCUT2D eigenvalue weighted by atomic mass is 10.2. The van der Waals surface area contributed by atoms with E-state index in [0.717, 1.165) is 11.3 Å². The summed E-state index contributed by atoms with van der Waals surface area (Å²) in [6.07, 6.45) is 1.83. The second kappa shape index (κ2) is 6.35. The molecule has 0 radical (unpaired) electrons. The van der Waals surface area contributed by atoms with Crippen molar-refractivity contribution in [2.45, 2.75) is 46.3 Å². The number of carbonyl (C=O) groups excluding carboxylic acids is 1. The van der Waals surface area contributed by atoms with E-state index in [1.54, 1.807) is 0 Å². The lowest BCUT2D eigenvalue weighted by Crippen LogP contribution is -2.44. The number of aromatic nitrogens is 1. The zero-order chi connectivity index (χ0) is 12.8. The first-order valence-electron chi connectivity index (χ1n) is 5.94. The van der Waals surface area contributed by atoms with E-state index in [2.05, 4.69) is 15.6 Å². The monoisotopic (exact) mass is 235 g/mol. The van der Waals surface area contributed by atoms with Gasteiger partial charge in [0.25, 0.3) is 0 Å². The van der Waals surface area contributed by atoms with E-state index in [-0.39, 0.29) is 18.0 Å². The molecule has 1 aromatic rings. The number of carbonyl (C=O) groups is 1. The van der Waals surface area contributed by atoms with E-state index >= 15 is 0 Å². The Morgan fingerprint density at radius 2 is 2.06 bits per heavy atom. The van der Waals surface area contributed by atoms with Crippen molar-refractivity contribution in [3.05, 3.63) is 29.6 Å². The summed E-state index contributed by atoms with van der Waals surface area (Å²) >= 11 is 0. The van der Waals surface area contributed by atoms with Crippen LogP contribution in [0, 0.1) is 6.92 Å². The van der Waals surface area contributed by atoms with Gasteiger partial charge in [-0.3, -0.25) is 9.78 Å². The van der Waals surface area contributed by atoms with Crippen LogP contribution in [0.15, 0.2) is 18.3 Å². The van der Waals surface area contributed by atoms with Crippen LogP contribution in [0.25, 0.3) is 0 Å². The van der Waals surface area contributed by atoms with Crippen LogP contribution in [0.4, 0.5) is 0 Å². The average Bonchev–Trinajstić information content (AvgIpc) is 2.27. The van der Waals surface area contributed by atoms with Gasteiger partial charge in [-0.05, 0) is 39.3 Å². The third-order valence-electron chi connectivity index (χ3n) is 2.41. The Bertz CT molecular complexity index is 359. The quantitative estimate of drug-likeness (QED) is 0.811. The molecule has 1 rings (SSSR count). The molecule has 0 saturated carbocycles. The summed E-state index contributed by atoms with van der Waals surface area (Å²) in [4.78, 5) is 15.8. The maximum absolute atomic E-state index is 11.6. The molecule has 1 unspecified atom stereocenters. The first kappa shape index (κ1) is 13.6. The Hall–Kier alpha value is -1.42. The second-order valence-corrected chi connectivity index (χ2v) is 4.57. The highest BCUT2D eigenvalue weighted by Crippen LogP contribution is 1.99. The van der Waals surface area contributed by atoms with Crippen molar-refractivity contribution in [3.8, 4) is 0 Å².